The average Bonchev–Trinajstić information content (AvgIpc) is 3.04. The molecule has 6 nitrogen and oxygen atoms in total. The molecule has 0 radical (unpaired) electrons. The molecular formula is C18H23ClN4O2. The third-order valence-electron chi connectivity index (χ3n) is 4.59. The molecule has 3 rings (SSSR count). The lowest BCUT2D eigenvalue weighted by molar-refractivity contribution is -0.117. The summed E-state index contributed by atoms with van der Waals surface area (Å²) in [5.74, 6) is -0.0976. The quantitative estimate of drug-likeness (QED) is 0.762. The van der Waals surface area contributed by atoms with Crippen LogP contribution in [0.2, 0.25) is 5.02 Å². The monoisotopic (exact) mass is 362 g/mol. The molecule has 134 valence electrons. The molecule has 7 heteroatoms. The summed E-state index contributed by atoms with van der Waals surface area (Å²) in [5.41, 5.74) is 2.52. The number of carbonyl (C=O) groups is 1. The maximum absolute atomic E-state index is 12.3. The third kappa shape index (κ3) is 4.39. The zero-order valence-electron chi connectivity index (χ0n) is 14.5. The maximum atomic E-state index is 12.3. The Hall–Kier alpha value is -1.89. The van der Waals surface area contributed by atoms with Crippen LogP contribution in [0.25, 0.3) is 0 Å². The molecule has 25 heavy (non-hydrogen) atoms. The molecule has 0 aliphatic carbocycles. The van der Waals surface area contributed by atoms with Crippen molar-refractivity contribution in [2.24, 2.45) is 0 Å². The van der Waals surface area contributed by atoms with Gasteiger partial charge in [0.05, 0.1) is 29.2 Å². The third-order valence-corrected chi connectivity index (χ3v) is 4.83. The lowest BCUT2D eigenvalue weighted by Crippen LogP contribution is -2.38. The van der Waals surface area contributed by atoms with Gasteiger partial charge in [-0.05, 0) is 38.0 Å². The first kappa shape index (κ1) is 17.9. The Balaban J connectivity index is 1.56. The molecule has 1 unspecified atom stereocenters. The van der Waals surface area contributed by atoms with Crippen molar-refractivity contribution in [3.05, 3.63) is 46.2 Å². The number of aromatic amines is 1. The van der Waals surface area contributed by atoms with Crippen LogP contribution in [0.4, 0.5) is 5.69 Å². The second kappa shape index (κ2) is 7.15. The summed E-state index contributed by atoms with van der Waals surface area (Å²) in [7, 11) is 0. The van der Waals surface area contributed by atoms with Crippen molar-refractivity contribution < 1.29 is 9.90 Å². The summed E-state index contributed by atoms with van der Waals surface area (Å²) in [4.78, 5) is 14.3. The summed E-state index contributed by atoms with van der Waals surface area (Å²) in [6.45, 7) is 5.12. The minimum Gasteiger partial charge on any atom is -0.388 e. The molecule has 1 amide bonds. The first-order chi connectivity index (χ1) is 11.8. The minimum absolute atomic E-state index is 0.0976. The number of H-pyrrole nitrogens is 1. The number of hydrogen-bond acceptors (Lipinski definition) is 4. The van der Waals surface area contributed by atoms with E-state index in [0.29, 0.717) is 31.0 Å². The predicted molar refractivity (Wildman–Crippen MR) is 97.9 cm³/mol. The molecule has 2 aromatic rings. The standard InChI is InChI=1S/C18H23ClN4O2/c1-12-17(13(2)22-21-12)20-16(24)10-23-7-6-18(25,11-23)9-14-4-3-5-15(19)8-14/h3-5,8,25H,6-7,9-11H2,1-2H3,(H,20,24)(H,21,22). The number of nitrogens with one attached hydrogen (secondary N) is 2. The van der Waals surface area contributed by atoms with E-state index in [4.69, 9.17) is 11.6 Å². The smallest absolute Gasteiger partial charge is 0.238 e. The van der Waals surface area contributed by atoms with Crippen LogP contribution in [-0.4, -0.2) is 51.3 Å². The van der Waals surface area contributed by atoms with Gasteiger partial charge in [0, 0.05) is 24.5 Å². The number of β-amino-alcohol motifs (C(OH)–C–C–N with tert-alkyl or cyclic N) is 1. The molecule has 3 N–H and O–H groups in total. The Morgan fingerprint density at radius 3 is 2.96 bits per heavy atom. The molecule has 0 saturated carbocycles. The number of benzene rings is 1. The molecule has 1 aromatic heterocycles. The zero-order valence-corrected chi connectivity index (χ0v) is 15.2. The van der Waals surface area contributed by atoms with Crippen LogP contribution in [0, 0.1) is 13.8 Å². The van der Waals surface area contributed by atoms with Gasteiger partial charge in [0.1, 0.15) is 0 Å². The zero-order chi connectivity index (χ0) is 18.0. The van der Waals surface area contributed by atoms with Gasteiger partial charge in [-0.15, -0.1) is 0 Å². The fourth-order valence-corrected chi connectivity index (χ4v) is 3.58. The lowest BCUT2D eigenvalue weighted by Gasteiger charge is -2.23. The topological polar surface area (TPSA) is 81.2 Å². The molecule has 2 heterocycles. The molecule has 1 aliphatic rings. The largest absolute Gasteiger partial charge is 0.388 e. The second-order valence-electron chi connectivity index (χ2n) is 6.85. The molecule has 1 fully saturated rings. The Labute approximate surface area is 152 Å². The number of amides is 1. The molecule has 1 atom stereocenters. The number of rotatable bonds is 5. The number of carbonyl (C=O) groups excluding carboxylic acids is 1. The van der Waals surface area contributed by atoms with E-state index in [2.05, 4.69) is 15.5 Å². The van der Waals surface area contributed by atoms with E-state index in [-0.39, 0.29) is 12.5 Å². The fourth-order valence-electron chi connectivity index (χ4n) is 3.36. The highest BCUT2D eigenvalue weighted by atomic mass is 35.5. The number of anilines is 1. The molecule has 0 spiro atoms. The minimum atomic E-state index is -0.827. The number of likely N-dealkylation sites (tertiary alicyclic amines) is 1. The van der Waals surface area contributed by atoms with Crippen molar-refractivity contribution in [3.63, 3.8) is 0 Å². The summed E-state index contributed by atoms with van der Waals surface area (Å²) in [6.07, 6.45) is 1.17. The van der Waals surface area contributed by atoms with Gasteiger partial charge in [0.2, 0.25) is 5.91 Å². The molecule has 0 bridgehead atoms. The Kier molecular flexibility index (Phi) is 5.13. The van der Waals surface area contributed by atoms with Crippen LogP contribution >= 0.6 is 11.6 Å². The Morgan fingerprint density at radius 2 is 2.28 bits per heavy atom. The molecule has 1 aliphatic heterocycles. The number of aromatic nitrogens is 2. The van der Waals surface area contributed by atoms with Gasteiger partial charge in [0.15, 0.2) is 0 Å². The first-order valence-corrected chi connectivity index (χ1v) is 8.73. The number of aliphatic hydroxyl groups is 1. The number of halogens is 1. The van der Waals surface area contributed by atoms with Gasteiger partial charge in [-0.25, -0.2) is 0 Å². The lowest BCUT2D eigenvalue weighted by atomic mass is 9.94. The van der Waals surface area contributed by atoms with Gasteiger partial charge < -0.3 is 10.4 Å². The highest BCUT2D eigenvalue weighted by Crippen LogP contribution is 2.26. The summed E-state index contributed by atoms with van der Waals surface area (Å²) < 4.78 is 0. The highest BCUT2D eigenvalue weighted by molar-refractivity contribution is 6.30. The van der Waals surface area contributed by atoms with Crippen molar-refractivity contribution in [1.29, 1.82) is 0 Å². The van der Waals surface area contributed by atoms with Crippen molar-refractivity contribution in [1.82, 2.24) is 15.1 Å². The summed E-state index contributed by atoms with van der Waals surface area (Å²) in [5, 5.41) is 21.3. The number of hydrogen-bond donors (Lipinski definition) is 3. The van der Waals surface area contributed by atoms with E-state index < -0.39 is 5.60 Å². The van der Waals surface area contributed by atoms with E-state index in [1.165, 1.54) is 0 Å². The highest BCUT2D eigenvalue weighted by Gasteiger charge is 2.36. The van der Waals surface area contributed by atoms with Gasteiger partial charge in [-0.1, -0.05) is 23.7 Å². The fraction of sp³-hybridized carbons (Fsp3) is 0.444. The van der Waals surface area contributed by atoms with E-state index in [9.17, 15) is 9.90 Å². The van der Waals surface area contributed by atoms with E-state index >= 15 is 0 Å². The summed E-state index contributed by atoms with van der Waals surface area (Å²) in [6, 6.07) is 7.54. The molecule has 1 saturated heterocycles. The van der Waals surface area contributed by atoms with Crippen LogP contribution in [0.5, 0.6) is 0 Å². The molecular weight excluding hydrogens is 340 g/mol. The maximum Gasteiger partial charge on any atom is 0.238 e. The summed E-state index contributed by atoms with van der Waals surface area (Å²) >= 11 is 6.01. The van der Waals surface area contributed by atoms with Crippen molar-refractivity contribution >= 4 is 23.2 Å². The van der Waals surface area contributed by atoms with E-state index in [1.807, 2.05) is 43.0 Å². The van der Waals surface area contributed by atoms with Crippen LogP contribution in [0.15, 0.2) is 24.3 Å². The van der Waals surface area contributed by atoms with Crippen molar-refractivity contribution in [3.8, 4) is 0 Å². The van der Waals surface area contributed by atoms with Crippen molar-refractivity contribution in [2.75, 3.05) is 25.0 Å². The average molecular weight is 363 g/mol. The van der Waals surface area contributed by atoms with Crippen molar-refractivity contribution in [2.45, 2.75) is 32.3 Å². The Bertz CT molecular complexity index is 757. The number of aryl methyl sites for hydroxylation is 2. The van der Waals surface area contributed by atoms with Gasteiger partial charge in [-0.3, -0.25) is 14.8 Å². The van der Waals surface area contributed by atoms with Gasteiger partial charge >= 0.3 is 0 Å². The van der Waals surface area contributed by atoms with Gasteiger partial charge in [-0.2, -0.15) is 5.10 Å². The normalized spacial score (nSPS) is 20.8. The van der Waals surface area contributed by atoms with Crippen LogP contribution < -0.4 is 5.32 Å². The molecule has 1 aromatic carbocycles. The Morgan fingerprint density at radius 1 is 1.48 bits per heavy atom. The van der Waals surface area contributed by atoms with Gasteiger partial charge in [0.25, 0.3) is 0 Å². The number of nitrogens with zero attached hydrogens (tertiary/aromatic N) is 2. The van der Waals surface area contributed by atoms with E-state index in [0.717, 1.165) is 22.6 Å². The van der Waals surface area contributed by atoms with Crippen LogP contribution in [-0.2, 0) is 11.2 Å². The van der Waals surface area contributed by atoms with Crippen LogP contribution in [0.1, 0.15) is 23.4 Å². The predicted octanol–water partition coefficient (Wildman–Crippen LogP) is 2.30. The SMILES string of the molecule is Cc1n[nH]c(C)c1NC(=O)CN1CCC(O)(Cc2cccc(Cl)c2)C1. The second-order valence-corrected chi connectivity index (χ2v) is 7.29. The first-order valence-electron chi connectivity index (χ1n) is 8.35. The van der Waals surface area contributed by atoms with E-state index in [1.54, 1.807) is 0 Å². The van der Waals surface area contributed by atoms with Crippen LogP contribution in [0.3, 0.4) is 0 Å².